The van der Waals surface area contributed by atoms with E-state index in [1.54, 1.807) is 48.5 Å². The van der Waals surface area contributed by atoms with Gasteiger partial charge in [0.1, 0.15) is 17.2 Å². The number of ether oxygens (including phenoxy) is 2. The van der Waals surface area contributed by atoms with Gasteiger partial charge < -0.3 is 20.1 Å². The van der Waals surface area contributed by atoms with Gasteiger partial charge in [-0.25, -0.2) is 9.59 Å². The Kier molecular flexibility index (Phi) is 9.69. The van der Waals surface area contributed by atoms with Crippen LogP contribution in [-0.2, 0) is 23.9 Å². The van der Waals surface area contributed by atoms with Crippen molar-refractivity contribution in [3.8, 4) is 0 Å². The molecule has 1 rings (SSSR count). The van der Waals surface area contributed by atoms with Gasteiger partial charge in [0, 0.05) is 25.1 Å². The Bertz CT molecular complexity index is 762. The molecule has 0 aromatic heterocycles. The van der Waals surface area contributed by atoms with E-state index in [0.717, 1.165) is 0 Å². The Morgan fingerprint density at radius 2 is 1.45 bits per heavy atom. The van der Waals surface area contributed by atoms with E-state index in [-0.39, 0.29) is 22.6 Å². The van der Waals surface area contributed by atoms with E-state index in [4.69, 9.17) is 9.47 Å². The van der Waals surface area contributed by atoms with Crippen molar-refractivity contribution in [3.05, 3.63) is 11.3 Å². The normalized spacial score (nSPS) is 17.3. The molecule has 0 bridgehead atoms. The van der Waals surface area contributed by atoms with Gasteiger partial charge in [0.25, 0.3) is 0 Å². The molecule has 0 unspecified atom stereocenters. The number of carbonyl (C=O) groups is 4. The van der Waals surface area contributed by atoms with Gasteiger partial charge in [-0.1, -0.05) is 13.8 Å². The van der Waals surface area contributed by atoms with E-state index in [1.807, 2.05) is 13.8 Å². The molecule has 1 amide bonds. The second kappa shape index (κ2) is 11.2. The van der Waals surface area contributed by atoms with Crippen LogP contribution in [0.25, 0.3) is 0 Å². The van der Waals surface area contributed by atoms with E-state index in [2.05, 4.69) is 10.6 Å². The molecule has 188 valence electrons. The van der Waals surface area contributed by atoms with Gasteiger partial charge in [-0.15, -0.1) is 0 Å². The molecule has 0 aliphatic heterocycles. The molecule has 0 aromatic rings. The first kappa shape index (κ1) is 28.7. The van der Waals surface area contributed by atoms with Gasteiger partial charge in [0.15, 0.2) is 11.6 Å². The van der Waals surface area contributed by atoms with Gasteiger partial charge in [0.05, 0.1) is 5.57 Å². The maximum atomic E-state index is 12.6. The standard InChI is InChI=1S/C25H42N2O6/c1-16(20-18(28)14-25(8,9)15-19(20)29)26-13-11-10-12-17(21(30)32-23(2,3)4)27-22(31)33-24(5,6)7/h17,26H,10-15H2,1-9H3,(H,27,31)/t17-/m0/s1. The summed E-state index contributed by atoms with van der Waals surface area (Å²) < 4.78 is 10.7. The fourth-order valence-electron chi connectivity index (χ4n) is 3.59. The first-order valence-electron chi connectivity index (χ1n) is 11.6. The van der Waals surface area contributed by atoms with Gasteiger partial charge in [0.2, 0.25) is 0 Å². The number of Topliss-reactive ketones (excluding diaryl/α,β-unsaturated/α-hetero) is 2. The summed E-state index contributed by atoms with van der Waals surface area (Å²) in [5.74, 6) is -0.749. The Morgan fingerprint density at radius 1 is 0.939 bits per heavy atom. The van der Waals surface area contributed by atoms with Crippen molar-refractivity contribution in [2.75, 3.05) is 6.54 Å². The van der Waals surface area contributed by atoms with Crippen molar-refractivity contribution in [3.63, 3.8) is 0 Å². The molecule has 33 heavy (non-hydrogen) atoms. The number of unbranched alkanes of at least 4 members (excludes halogenated alkanes) is 1. The Labute approximate surface area is 198 Å². The minimum Gasteiger partial charge on any atom is -0.458 e. The first-order valence-corrected chi connectivity index (χ1v) is 11.6. The Morgan fingerprint density at radius 3 is 1.94 bits per heavy atom. The van der Waals surface area contributed by atoms with E-state index >= 15 is 0 Å². The lowest BCUT2D eigenvalue weighted by Gasteiger charge is -2.29. The number of nitrogens with one attached hydrogen (secondary N) is 2. The molecule has 8 heteroatoms. The van der Waals surface area contributed by atoms with Gasteiger partial charge in [-0.3, -0.25) is 9.59 Å². The quantitative estimate of drug-likeness (QED) is 0.238. The maximum absolute atomic E-state index is 12.6. The average Bonchev–Trinajstić information content (AvgIpc) is 2.55. The number of carbonyl (C=O) groups excluding carboxylic acids is 4. The molecule has 1 aliphatic rings. The lowest BCUT2D eigenvalue weighted by molar-refractivity contribution is -0.157. The van der Waals surface area contributed by atoms with Crippen LogP contribution in [0.1, 0.15) is 94.4 Å². The number of hydrogen-bond donors (Lipinski definition) is 2. The van der Waals surface area contributed by atoms with E-state index in [1.165, 1.54) is 0 Å². The highest BCUT2D eigenvalue weighted by Crippen LogP contribution is 2.34. The molecule has 0 saturated heterocycles. The van der Waals surface area contributed by atoms with Crippen LogP contribution in [0.4, 0.5) is 4.79 Å². The Hall–Kier alpha value is -2.38. The first-order chi connectivity index (χ1) is 14.9. The van der Waals surface area contributed by atoms with Gasteiger partial charge >= 0.3 is 12.1 Å². The van der Waals surface area contributed by atoms with Crippen molar-refractivity contribution in [1.29, 1.82) is 0 Å². The van der Waals surface area contributed by atoms with Crippen LogP contribution < -0.4 is 10.6 Å². The number of amides is 1. The zero-order valence-corrected chi connectivity index (χ0v) is 21.8. The second-order valence-electron chi connectivity index (χ2n) is 11.5. The van der Waals surface area contributed by atoms with Crippen molar-refractivity contribution >= 4 is 23.6 Å². The van der Waals surface area contributed by atoms with Crippen LogP contribution in [0.3, 0.4) is 0 Å². The largest absolute Gasteiger partial charge is 0.458 e. The zero-order valence-electron chi connectivity index (χ0n) is 21.8. The lowest BCUT2D eigenvalue weighted by atomic mass is 9.73. The number of allylic oxidation sites excluding steroid dienone is 2. The smallest absolute Gasteiger partial charge is 0.408 e. The summed E-state index contributed by atoms with van der Waals surface area (Å²) in [6.07, 6.45) is 1.71. The number of esters is 1. The molecule has 1 aliphatic carbocycles. The Balaban J connectivity index is 2.65. The summed E-state index contributed by atoms with van der Waals surface area (Å²) in [5, 5.41) is 5.78. The topological polar surface area (TPSA) is 111 Å². The predicted octanol–water partition coefficient (Wildman–Crippen LogP) is 4.21. The third kappa shape index (κ3) is 10.9. The highest BCUT2D eigenvalue weighted by molar-refractivity contribution is 6.22. The van der Waals surface area contributed by atoms with E-state index < -0.39 is 29.3 Å². The van der Waals surface area contributed by atoms with Crippen molar-refractivity contribution in [2.45, 2.75) is 112 Å². The minimum absolute atomic E-state index is 0.118. The summed E-state index contributed by atoms with van der Waals surface area (Å²) in [7, 11) is 0. The molecule has 0 radical (unpaired) electrons. The van der Waals surface area contributed by atoms with E-state index in [9.17, 15) is 19.2 Å². The van der Waals surface area contributed by atoms with Crippen LogP contribution in [0.2, 0.25) is 0 Å². The number of rotatable bonds is 8. The number of hydrogen-bond acceptors (Lipinski definition) is 7. The molecule has 1 fully saturated rings. The molecule has 2 N–H and O–H groups in total. The third-order valence-corrected chi connectivity index (χ3v) is 4.90. The minimum atomic E-state index is -0.831. The highest BCUT2D eigenvalue weighted by atomic mass is 16.6. The van der Waals surface area contributed by atoms with E-state index in [0.29, 0.717) is 44.3 Å². The predicted molar refractivity (Wildman–Crippen MR) is 127 cm³/mol. The summed E-state index contributed by atoms with van der Waals surface area (Å²) in [6.45, 7) is 16.7. The monoisotopic (exact) mass is 466 g/mol. The molecular weight excluding hydrogens is 424 g/mol. The van der Waals surface area contributed by atoms with Crippen LogP contribution in [0.15, 0.2) is 11.3 Å². The fourth-order valence-corrected chi connectivity index (χ4v) is 3.59. The van der Waals surface area contributed by atoms with Crippen LogP contribution in [-0.4, -0.2) is 47.4 Å². The maximum Gasteiger partial charge on any atom is 0.408 e. The molecule has 0 heterocycles. The molecular formula is C25H42N2O6. The van der Waals surface area contributed by atoms with Gasteiger partial charge in [-0.05, 0) is 73.1 Å². The molecule has 8 nitrogen and oxygen atoms in total. The molecule has 1 atom stereocenters. The van der Waals surface area contributed by atoms with Crippen molar-refractivity contribution < 1.29 is 28.7 Å². The second-order valence-corrected chi connectivity index (χ2v) is 11.5. The summed E-state index contributed by atoms with van der Waals surface area (Å²) in [5.41, 5.74) is -0.788. The average molecular weight is 467 g/mol. The van der Waals surface area contributed by atoms with Crippen molar-refractivity contribution in [2.24, 2.45) is 5.41 Å². The zero-order chi connectivity index (χ0) is 25.6. The van der Waals surface area contributed by atoms with Crippen molar-refractivity contribution in [1.82, 2.24) is 10.6 Å². The summed E-state index contributed by atoms with van der Waals surface area (Å²) in [6, 6.07) is -0.831. The summed E-state index contributed by atoms with van der Waals surface area (Å²) in [4.78, 5) is 49.6. The fraction of sp³-hybridized carbons (Fsp3) is 0.760. The van der Waals surface area contributed by atoms with Crippen LogP contribution >= 0.6 is 0 Å². The molecule has 0 aromatic carbocycles. The lowest BCUT2D eigenvalue weighted by Crippen LogP contribution is -2.46. The van der Waals surface area contributed by atoms with Crippen LogP contribution in [0, 0.1) is 5.41 Å². The number of alkyl carbamates (subject to hydrolysis) is 1. The number of ketones is 2. The van der Waals surface area contributed by atoms with Gasteiger partial charge in [-0.2, -0.15) is 0 Å². The molecule has 0 spiro atoms. The SMILES string of the molecule is CC(NCCCC[C@H](NC(=O)OC(C)(C)C)C(=O)OC(C)(C)C)=C1C(=O)CC(C)(C)CC1=O. The molecule has 1 saturated carbocycles. The third-order valence-electron chi connectivity index (χ3n) is 4.90. The van der Waals surface area contributed by atoms with Crippen LogP contribution in [0.5, 0.6) is 0 Å². The summed E-state index contributed by atoms with van der Waals surface area (Å²) >= 11 is 0. The highest BCUT2D eigenvalue weighted by Gasteiger charge is 2.36.